The van der Waals surface area contributed by atoms with Gasteiger partial charge in [-0.25, -0.2) is 0 Å². The van der Waals surface area contributed by atoms with Gasteiger partial charge in [0.2, 0.25) is 0 Å². The van der Waals surface area contributed by atoms with Crippen molar-refractivity contribution in [3.8, 4) is 0 Å². The van der Waals surface area contributed by atoms with Crippen LogP contribution in [-0.2, 0) is 4.79 Å². The zero-order valence-corrected chi connectivity index (χ0v) is 7.88. The van der Waals surface area contributed by atoms with Crippen LogP contribution in [0.1, 0.15) is 13.8 Å². The minimum Gasteiger partial charge on any atom is -0.512 e. The molecule has 0 aliphatic carbocycles. The molecule has 5 heteroatoms. The molecule has 0 aliphatic heterocycles. The Bertz CT molecular complexity index is 109. The summed E-state index contributed by atoms with van der Waals surface area (Å²) in [6.07, 6.45) is 1.17. The maximum absolute atomic E-state index is 10.0. The Morgan fingerprint density at radius 2 is 1.70 bits per heavy atom. The number of aliphatic hydroxyl groups excluding tert-OH is 1. The van der Waals surface area contributed by atoms with Crippen LogP contribution in [0.2, 0.25) is 0 Å². The van der Waals surface area contributed by atoms with Crippen LogP contribution in [-0.4, -0.2) is 43.5 Å². The highest BCUT2D eigenvalue weighted by atomic mass is 28.2. The van der Waals surface area contributed by atoms with E-state index in [4.69, 9.17) is 9.90 Å². The van der Waals surface area contributed by atoms with Crippen LogP contribution in [0.5, 0.6) is 0 Å². The second-order valence-electron chi connectivity index (χ2n) is 1.40. The van der Waals surface area contributed by atoms with E-state index in [1.54, 1.807) is 0 Å². The quantitative estimate of drug-likeness (QED) is 0.280. The number of carbonyl (C=O) groups is 1. The first-order chi connectivity index (χ1) is 4.13. The maximum Gasteiger partial charge on any atom is 0.187 e. The molecule has 2 N–H and O–H groups in total. The summed E-state index contributed by atoms with van der Waals surface area (Å²) in [6.45, 7) is 2.85. The highest BCUT2D eigenvalue weighted by Crippen LogP contribution is 1.82. The van der Waals surface area contributed by atoms with Crippen LogP contribution in [0.15, 0.2) is 11.8 Å². The maximum atomic E-state index is 10.0. The molecule has 0 heterocycles. The molecule has 10 heavy (non-hydrogen) atoms. The summed E-state index contributed by atoms with van der Waals surface area (Å²) in [4.78, 5) is 17.2. The number of hydrogen-bond donors (Lipinski definition) is 2. The predicted octanol–water partition coefficient (Wildman–Crippen LogP) is -1.89. The molecule has 0 rings (SSSR count). The summed E-state index contributed by atoms with van der Waals surface area (Å²) in [5, 5.41) is 8.36. The predicted molar refractivity (Wildman–Crippen MR) is 49.2 cm³/mol. The minimum atomic E-state index is -0.125. The normalized spacial score (nSPS) is 8.90. The van der Waals surface area contributed by atoms with Crippen LogP contribution in [0.4, 0.5) is 0 Å². The van der Waals surface area contributed by atoms with Gasteiger partial charge in [0, 0.05) is 6.08 Å². The average molecular weight is 178 g/mol. The standard InChI is InChI=1S/C5H8O2.Al.H4OSi.3H/c1-4(6)3-5(2)7;;1-2;;;/h3,6H,1-2H3;;1H,2H3;;;/b4-3-;;;;;. The van der Waals surface area contributed by atoms with Gasteiger partial charge in [-0.1, -0.05) is 0 Å². The molecule has 0 unspecified atom stereocenters. The number of carbonyl (C=O) groups excluding carboxylic acids is 1. The zero-order valence-electron chi connectivity index (χ0n) is 5.88. The van der Waals surface area contributed by atoms with Crippen molar-refractivity contribution >= 4 is 33.6 Å². The Balaban J connectivity index is -0.000000149. The van der Waals surface area contributed by atoms with E-state index in [0.29, 0.717) is 10.5 Å². The van der Waals surface area contributed by atoms with Gasteiger partial charge < -0.3 is 9.90 Å². The smallest absolute Gasteiger partial charge is 0.187 e. The highest BCUT2D eigenvalue weighted by molar-refractivity contribution is 5.95. The number of rotatable bonds is 1. The first kappa shape index (κ1) is 16.5. The lowest BCUT2D eigenvalue weighted by Crippen LogP contribution is -1.82. The van der Waals surface area contributed by atoms with Crippen LogP contribution >= 0.6 is 0 Å². The van der Waals surface area contributed by atoms with E-state index in [1.165, 1.54) is 19.9 Å². The van der Waals surface area contributed by atoms with Gasteiger partial charge in [0.05, 0.1) is 5.76 Å². The SMILES string of the molecule is CC(=O)/C=C(/C)O.O[SiH3].[AlH3]. The lowest BCUT2D eigenvalue weighted by Gasteiger charge is -1.80. The molecule has 0 fully saturated rings. The van der Waals surface area contributed by atoms with E-state index >= 15 is 0 Å². The third-order valence-corrected chi connectivity index (χ3v) is 0.412. The topological polar surface area (TPSA) is 57.5 Å². The Hall–Kier alpha value is -0.0806. The van der Waals surface area contributed by atoms with Crippen LogP contribution in [0, 0.1) is 0 Å². The Morgan fingerprint density at radius 3 is 1.70 bits per heavy atom. The van der Waals surface area contributed by atoms with E-state index in [-0.39, 0.29) is 28.9 Å². The summed E-state index contributed by atoms with van der Waals surface area (Å²) in [5.74, 6) is -0.0625. The molecular weight excluding hydrogens is 163 g/mol. The largest absolute Gasteiger partial charge is 0.512 e. The van der Waals surface area contributed by atoms with Gasteiger partial charge in [-0.15, -0.1) is 0 Å². The lowest BCUT2D eigenvalue weighted by atomic mass is 10.4. The summed E-state index contributed by atoms with van der Waals surface area (Å²) in [6, 6.07) is 0. The van der Waals surface area contributed by atoms with E-state index in [9.17, 15) is 4.79 Å². The molecule has 0 atom stereocenters. The third kappa shape index (κ3) is 24.7. The number of hydrogen-bond acceptors (Lipinski definition) is 3. The summed E-state index contributed by atoms with van der Waals surface area (Å²) < 4.78 is 0. The molecule has 0 radical (unpaired) electrons. The number of ketones is 1. The van der Waals surface area contributed by atoms with E-state index in [1.807, 2.05) is 0 Å². The monoisotopic (exact) mass is 178 g/mol. The van der Waals surface area contributed by atoms with Crippen molar-refractivity contribution in [1.82, 2.24) is 0 Å². The molecule has 0 aromatic carbocycles. The highest BCUT2D eigenvalue weighted by Gasteiger charge is 1.82. The molecular formula is C5H15AlO3Si. The summed E-state index contributed by atoms with van der Waals surface area (Å²) in [7, 11) is 0.306. The fourth-order valence-corrected chi connectivity index (χ4v) is 0.294. The van der Waals surface area contributed by atoms with E-state index in [2.05, 4.69) is 0 Å². The van der Waals surface area contributed by atoms with Gasteiger partial charge in [0.15, 0.2) is 23.1 Å². The fourth-order valence-electron chi connectivity index (χ4n) is 0.294. The molecule has 0 amide bonds. The van der Waals surface area contributed by atoms with Gasteiger partial charge in [0.1, 0.15) is 10.5 Å². The van der Waals surface area contributed by atoms with Gasteiger partial charge in [-0.3, -0.25) is 4.79 Å². The average Bonchev–Trinajstić information content (AvgIpc) is 1.68. The minimum absolute atomic E-state index is 0. The van der Waals surface area contributed by atoms with Gasteiger partial charge in [-0.2, -0.15) is 0 Å². The molecule has 3 nitrogen and oxygen atoms in total. The number of aliphatic hydroxyl groups is 1. The molecule has 0 bridgehead atoms. The molecule has 0 aromatic heterocycles. The van der Waals surface area contributed by atoms with Gasteiger partial charge in [0.25, 0.3) is 0 Å². The first-order valence-corrected chi connectivity index (χ1v) is 3.35. The Morgan fingerprint density at radius 1 is 1.40 bits per heavy atom. The van der Waals surface area contributed by atoms with Crippen molar-refractivity contribution in [2.24, 2.45) is 0 Å². The van der Waals surface area contributed by atoms with E-state index < -0.39 is 0 Å². The Kier molecular flexibility index (Phi) is 19.3. The van der Waals surface area contributed by atoms with Crippen LogP contribution in [0.3, 0.4) is 0 Å². The van der Waals surface area contributed by atoms with Crippen molar-refractivity contribution in [3.63, 3.8) is 0 Å². The molecule has 0 spiro atoms. The zero-order chi connectivity index (χ0) is 7.86. The van der Waals surface area contributed by atoms with Crippen LogP contribution in [0.25, 0.3) is 0 Å². The molecule has 60 valence electrons. The molecule has 0 aromatic rings. The molecule has 0 aliphatic rings. The van der Waals surface area contributed by atoms with E-state index in [0.717, 1.165) is 0 Å². The second-order valence-corrected chi connectivity index (χ2v) is 1.40. The second kappa shape index (κ2) is 11.7. The fraction of sp³-hybridized carbons (Fsp3) is 0.400. The van der Waals surface area contributed by atoms with Crippen molar-refractivity contribution in [2.75, 3.05) is 0 Å². The molecule has 0 saturated carbocycles. The van der Waals surface area contributed by atoms with Gasteiger partial charge in [-0.05, 0) is 13.8 Å². The Labute approximate surface area is 74.4 Å². The van der Waals surface area contributed by atoms with Gasteiger partial charge >= 0.3 is 0 Å². The van der Waals surface area contributed by atoms with Crippen molar-refractivity contribution in [1.29, 1.82) is 0 Å². The number of allylic oxidation sites excluding steroid dienone is 2. The third-order valence-electron chi connectivity index (χ3n) is 0.412. The first-order valence-electron chi connectivity index (χ1n) is 2.45. The summed E-state index contributed by atoms with van der Waals surface area (Å²) >= 11 is 0. The lowest BCUT2D eigenvalue weighted by molar-refractivity contribution is -0.112. The van der Waals surface area contributed by atoms with Crippen molar-refractivity contribution < 1.29 is 14.7 Å². The van der Waals surface area contributed by atoms with Crippen molar-refractivity contribution in [3.05, 3.63) is 11.8 Å². The molecule has 0 saturated heterocycles. The van der Waals surface area contributed by atoms with Crippen LogP contribution < -0.4 is 0 Å². The van der Waals surface area contributed by atoms with Crippen molar-refractivity contribution in [2.45, 2.75) is 13.8 Å². The summed E-state index contributed by atoms with van der Waals surface area (Å²) in [5.41, 5.74) is 0.